The number of pyridine rings is 1. The number of aromatic nitrogens is 1. The zero-order chi connectivity index (χ0) is 12.8. The summed E-state index contributed by atoms with van der Waals surface area (Å²) in [6.45, 7) is -5.46. The summed E-state index contributed by atoms with van der Waals surface area (Å²) in [5.41, 5.74) is -2.82. The summed E-state index contributed by atoms with van der Waals surface area (Å²) in [6, 6.07) is 0.167. The van der Waals surface area contributed by atoms with Gasteiger partial charge in [0.2, 0.25) is 0 Å². The largest absolute Gasteiger partial charge is 1.00 e. The Morgan fingerprint density at radius 1 is 1.17 bits per heavy atom. The van der Waals surface area contributed by atoms with Crippen molar-refractivity contribution in [2.45, 2.75) is 24.9 Å². The molecule has 0 atom stereocenters. The van der Waals surface area contributed by atoms with Gasteiger partial charge in [0, 0.05) is 12.1 Å². The molecular weight excluding hydrogens is 286 g/mol. The van der Waals surface area contributed by atoms with Crippen LogP contribution in [0.2, 0.25) is 0 Å². The molecular formula is C9H7BF6KN. The Hall–Kier alpha value is 0.431. The van der Waals surface area contributed by atoms with Gasteiger partial charge in [-0.05, 0) is 12.8 Å². The van der Waals surface area contributed by atoms with Crippen LogP contribution >= 0.6 is 0 Å². The van der Waals surface area contributed by atoms with Crippen molar-refractivity contribution in [1.82, 2.24) is 4.98 Å². The smallest absolute Gasteiger partial charge is 0.445 e. The first-order valence-electron chi connectivity index (χ1n) is 4.96. The first-order chi connectivity index (χ1) is 7.69. The number of hydrogen-bond acceptors (Lipinski definition) is 1. The monoisotopic (exact) mass is 293 g/mol. The van der Waals surface area contributed by atoms with Gasteiger partial charge in [-0.3, -0.25) is 4.98 Å². The molecule has 0 aromatic carbocycles. The van der Waals surface area contributed by atoms with E-state index in [1.807, 2.05) is 0 Å². The van der Waals surface area contributed by atoms with E-state index < -0.39 is 24.2 Å². The molecule has 9 heteroatoms. The molecule has 1 aliphatic rings. The van der Waals surface area contributed by atoms with E-state index in [-0.39, 0.29) is 69.1 Å². The summed E-state index contributed by atoms with van der Waals surface area (Å²) in [5, 5.41) is 0. The molecule has 1 aromatic rings. The standard InChI is InChI=1S/C9H7BF6N.K/c11-9(12,13)7-3-6(10(14,15)16)4-17-8(7)5-1-2-5;/h3-5H,1-2H2;/q-1;+1. The minimum Gasteiger partial charge on any atom is -0.445 e. The van der Waals surface area contributed by atoms with Gasteiger partial charge in [0.1, 0.15) is 0 Å². The maximum absolute atomic E-state index is 12.6. The van der Waals surface area contributed by atoms with E-state index in [0.717, 1.165) is 0 Å². The van der Waals surface area contributed by atoms with Crippen LogP contribution in [0.25, 0.3) is 0 Å². The van der Waals surface area contributed by atoms with Crippen molar-refractivity contribution < 1.29 is 77.5 Å². The molecule has 1 aliphatic carbocycles. The SMILES string of the molecule is F[B-](F)(F)c1cnc(C2CC2)c(C(F)(F)F)c1.[K+]. The fourth-order valence-electron chi connectivity index (χ4n) is 1.58. The molecule has 1 saturated carbocycles. The fraction of sp³-hybridized carbons (Fsp3) is 0.444. The van der Waals surface area contributed by atoms with Crippen LogP contribution in [0, 0.1) is 0 Å². The summed E-state index contributed by atoms with van der Waals surface area (Å²) in [6.07, 6.45) is -3.20. The van der Waals surface area contributed by atoms with Crippen molar-refractivity contribution >= 4 is 12.4 Å². The summed E-state index contributed by atoms with van der Waals surface area (Å²) in [7, 11) is 0. The molecule has 2 rings (SSSR count). The van der Waals surface area contributed by atoms with E-state index in [2.05, 4.69) is 4.98 Å². The third-order valence-electron chi connectivity index (χ3n) is 2.59. The maximum Gasteiger partial charge on any atom is 1.00 e. The van der Waals surface area contributed by atoms with Gasteiger partial charge in [0.05, 0.1) is 11.3 Å². The molecule has 0 spiro atoms. The van der Waals surface area contributed by atoms with Gasteiger partial charge < -0.3 is 12.9 Å². The molecule has 1 nitrogen and oxygen atoms in total. The molecule has 18 heavy (non-hydrogen) atoms. The minimum absolute atomic E-state index is 0. The Morgan fingerprint density at radius 2 is 1.72 bits per heavy atom. The topological polar surface area (TPSA) is 12.9 Å². The van der Waals surface area contributed by atoms with Crippen LogP contribution in [0.5, 0.6) is 0 Å². The van der Waals surface area contributed by atoms with Crippen LogP contribution in [-0.4, -0.2) is 12.0 Å². The van der Waals surface area contributed by atoms with Crippen LogP contribution in [0.3, 0.4) is 0 Å². The van der Waals surface area contributed by atoms with E-state index >= 15 is 0 Å². The Labute approximate surface area is 142 Å². The molecule has 0 bridgehead atoms. The molecule has 0 unspecified atom stereocenters. The molecule has 1 fully saturated rings. The third-order valence-corrected chi connectivity index (χ3v) is 2.59. The summed E-state index contributed by atoms with van der Waals surface area (Å²) in [4.78, 5) is 3.35. The number of hydrogen-bond donors (Lipinski definition) is 0. The quantitative estimate of drug-likeness (QED) is 0.554. The summed E-state index contributed by atoms with van der Waals surface area (Å²) >= 11 is 0. The number of alkyl halides is 3. The first kappa shape index (κ1) is 16.5. The van der Waals surface area contributed by atoms with Crippen LogP contribution in [0.15, 0.2) is 12.3 Å². The van der Waals surface area contributed by atoms with Gasteiger partial charge >= 0.3 is 64.5 Å². The van der Waals surface area contributed by atoms with Gasteiger partial charge in [0.15, 0.2) is 0 Å². The zero-order valence-electron chi connectivity index (χ0n) is 9.44. The van der Waals surface area contributed by atoms with Crippen molar-refractivity contribution in [3.05, 3.63) is 23.5 Å². The maximum atomic E-state index is 12.6. The summed E-state index contributed by atoms with van der Waals surface area (Å²) < 4.78 is 74.9. The van der Waals surface area contributed by atoms with E-state index in [9.17, 15) is 26.1 Å². The fourth-order valence-corrected chi connectivity index (χ4v) is 1.58. The van der Waals surface area contributed by atoms with Crippen LogP contribution in [0.4, 0.5) is 26.1 Å². The van der Waals surface area contributed by atoms with E-state index in [4.69, 9.17) is 0 Å². The molecule has 0 radical (unpaired) electrons. The number of rotatable bonds is 2. The Kier molecular flexibility index (Phi) is 4.98. The van der Waals surface area contributed by atoms with Gasteiger partial charge in [-0.1, -0.05) is 11.5 Å². The van der Waals surface area contributed by atoms with Crippen LogP contribution in [-0.2, 0) is 6.18 Å². The van der Waals surface area contributed by atoms with Crippen molar-refractivity contribution in [1.29, 1.82) is 0 Å². The van der Waals surface area contributed by atoms with Crippen molar-refractivity contribution in [3.8, 4) is 0 Å². The second-order valence-electron chi connectivity index (χ2n) is 4.05. The minimum atomic E-state index is -5.46. The molecule has 0 amide bonds. The second-order valence-corrected chi connectivity index (χ2v) is 4.05. The van der Waals surface area contributed by atoms with Gasteiger partial charge in [0.25, 0.3) is 0 Å². The molecule has 1 aromatic heterocycles. The Morgan fingerprint density at radius 3 is 2.11 bits per heavy atom. The normalized spacial score (nSPS) is 16.3. The third kappa shape index (κ3) is 3.72. The van der Waals surface area contributed by atoms with Crippen LogP contribution < -0.4 is 56.8 Å². The predicted molar refractivity (Wildman–Crippen MR) is 49.9 cm³/mol. The van der Waals surface area contributed by atoms with E-state index in [1.165, 1.54) is 0 Å². The van der Waals surface area contributed by atoms with Crippen molar-refractivity contribution in [2.75, 3.05) is 0 Å². The molecule has 1 heterocycles. The van der Waals surface area contributed by atoms with Crippen LogP contribution in [0.1, 0.15) is 30.0 Å². The second kappa shape index (κ2) is 5.43. The van der Waals surface area contributed by atoms with E-state index in [0.29, 0.717) is 19.0 Å². The number of halogens is 6. The van der Waals surface area contributed by atoms with Crippen molar-refractivity contribution in [3.63, 3.8) is 0 Å². The van der Waals surface area contributed by atoms with Gasteiger partial charge in [-0.2, -0.15) is 13.2 Å². The first-order valence-corrected chi connectivity index (χ1v) is 4.96. The predicted octanol–water partition coefficient (Wildman–Crippen LogP) is 0.0362. The zero-order valence-corrected chi connectivity index (χ0v) is 12.6. The Balaban J connectivity index is 0.00000162. The van der Waals surface area contributed by atoms with Gasteiger partial charge in [-0.15, -0.1) is 0 Å². The molecule has 0 aliphatic heterocycles. The molecule has 0 N–H and O–H groups in total. The van der Waals surface area contributed by atoms with Crippen molar-refractivity contribution in [2.24, 2.45) is 0 Å². The van der Waals surface area contributed by atoms with Gasteiger partial charge in [-0.25, -0.2) is 0 Å². The van der Waals surface area contributed by atoms with E-state index in [1.54, 1.807) is 0 Å². The molecule has 0 saturated heterocycles. The number of nitrogens with zero attached hydrogens (tertiary/aromatic N) is 1. The average molecular weight is 293 g/mol. The summed E-state index contributed by atoms with van der Waals surface area (Å²) in [5.74, 6) is -0.346. The molecule has 94 valence electrons. The Bertz CT molecular complexity index is 440. The average Bonchev–Trinajstić information content (AvgIpc) is 2.97.